The van der Waals surface area contributed by atoms with E-state index in [0.717, 1.165) is 11.3 Å². The smallest absolute Gasteiger partial charge is 0.413 e. The molecule has 2 atom stereocenters. The molecule has 1 aromatic rings. The van der Waals surface area contributed by atoms with Gasteiger partial charge in [-0.05, 0) is 55.4 Å². The van der Waals surface area contributed by atoms with Crippen molar-refractivity contribution in [2.24, 2.45) is 5.16 Å². The van der Waals surface area contributed by atoms with E-state index in [9.17, 15) is 24.0 Å². The molecule has 2 aliphatic heterocycles. The molecule has 0 spiro atoms. The van der Waals surface area contributed by atoms with Crippen LogP contribution in [0.1, 0.15) is 61.1 Å². The summed E-state index contributed by atoms with van der Waals surface area (Å²) in [6, 6.07) is -1.75. The van der Waals surface area contributed by atoms with Crippen LogP contribution < -0.4 is 21.3 Å². The first kappa shape index (κ1) is 31.6. The van der Waals surface area contributed by atoms with E-state index >= 15 is 0 Å². The van der Waals surface area contributed by atoms with Crippen LogP contribution in [0.3, 0.4) is 0 Å². The molecule has 3 heterocycles. The number of carbonyl (C=O) groups excluding carboxylic acids is 5. The lowest BCUT2D eigenvalue weighted by molar-refractivity contribution is -0.179. The second-order valence-corrected chi connectivity index (χ2v) is 12.8. The van der Waals surface area contributed by atoms with Gasteiger partial charge in [-0.1, -0.05) is 5.16 Å². The fourth-order valence-electron chi connectivity index (χ4n) is 3.53. The van der Waals surface area contributed by atoms with Crippen molar-refractivity contribution in [3.05, 3.63) is 11.1 Å². The summed E-state index contributed by atoms with van der Waals surface area (Å²) >= 11 is 0.997. The normalized spacial score (nSPS) is 19.5. The number of rotatable bonds is 9. The second kappa shape index (κ2) is 11.9. The van der Waals surface area contributed by atoms with E-state index in [1.165, 1.54) is 24.1 Å². The zero-order valence-corrected chi connectivity index (χ0v) is 25.2. The highest BCUT2D eigenvalue weighted by Crippen LogP contribution is 2.21. The highest BCUT2D eigenvalue weighted by molar-refractivity contribution is 7.14. The van der Waals surface area contributed by atoms with Gasteiger partial charge in [-0.3, -0.25) is 14.9 Å². The zero-order valence-electron chi connectivity index (χ0n) is 24.4. The van der Waals surface area contributed by atoms with Crippen LogP contribution in [-0.2, 0) is 28.7 Å². The van der Waals surface area contributed by atoms with Gasteiger partial charge < -0.3 is 35.2 Å². The summed E-state index contributed by atoms with van der Waals surface area (Å²) < 4.78 is 10.6. The number of hydrogen-bond donors (Lipinski definition) is 4. The molecule has 0 radical (unpaired) electrons. The number of thiazole rings is 1. The molecule has 2 fully saturated rings. The number of urea groups is 1. The molecule has 0 unspecified atom stereocenters. The van der Waals surface area contributed by atoms with E-state index in [-0.39, 0.29) is 29.1 Å². The van der Waals surface area contributed by atoms with Gasteiger partial charge in [0.1, 0.15) is 22.9 Å². The molecule has 15 nitrogen and oxygen atoms in total. The molecule has 0 aromatic carbocycles. The van der Waals surface area contributed by atoms with Crippen LogP contribution in [-0.4, -0.2) is 94.0 Å². The summed E-state index contributed by atoms with van der Waals surface area (Å²) in [5.74, 6) is -1.99. The van der Waals surface area contributed by atoms with Crippen LogP contribution in [0.15, 0.2) is 10.5 Å². The summed E-state index contributed by atoms with van der Waals surface area (Å²) in [5, 5.41) is 16.0. The van der Waals surface area contributed by atoms with Crippen LogP contribution in [0, 0.1) is 0 Å². The van der Waals surface area contributed by atoms with Gasteiger partial charge in [0.25, 0.3) is 5.91 Å². The third-order valence-corrected chi connectivity index (χ3v) is 6.24. The lowest BCUT2D eigenvalue weighted by Gasteiger charge is -2.38. The molecule has 3 rings (SSSR count). The Hall–Kier alpha value is -3.95. The van der Waals surface area contributed by atoms with Gasteiger partial charge in [-0.2, -0.15) is 0 Å². The Labute approximate surface area is 241 Å². The number of esters is 1. The number of aromatic nitrogens is 1. The molecule has 2 aliphatic rings. The molecule has 0 aliphatic carbocycles. The van der Waals surface area contributed by atoms with Crippen molar-refractivity contribution in [1.29, 1.82) is 0 Å². The number of carbonyl (C=O) groups is 5. The molecule has 226 valence electrons. The Kier molecular flexibility index (Phi) is 9.15. The van der Waals surface area contributed by atoms with Crippen molar-refractivity contribution in [2.75, 3.05) is 25.0 Å². The average molecular weight is 596 g/mol. The van der Waals surface area contributed by atoms with Crippen molar-refractivity contribution in [3.8, 4) is 0 Å². The van der Waals surface area contributed by atoms with Gasteiger partial charge in [0, 0.05) is 25.0 Å². The number of amides is 5. The first-order valence-electron chi connectivity index (χ1n) is 12.9. The van der Waals surface area contributed by atoms with Crippen molar-refractivity contribution in [2.45, 2.75) is 84.3 Å². The highest BCUT2D eigenvalue weighted by atomic mass is 32.1. The van der Waals surface area contributed by atoms with Crippen LogP contribution in [0.2, 0.25) is 0 Å². The number of anilines is 1. The first-order chi connectivity index (χ1) is 18.8. The Balaban J connectivity index is 1.82. The minimum absolute atomic E-state index is 0.00810. The van der Waals surface area contributed by atoms with Crippen LogP contribution in [0.4, 0.5) is 14.7 Å². The molecule has 0 bridgehead atoms. The van der Waals surface area contributed by atoms with E-state index in [0.29, 0.717) is 13.1 Å². The van der Waals surface area contributed by atoms with E-state index in [1.54, 1.807) is 41.5 Å². The van der Waals surface area contributed by atoms with E-state index in [4.69, 9.17) is 14.3 Å². The molecule has 4 N–H and O–H groups in total. The maximum absolute atomic E-state index is 13.4. The van der Waals surface area contributed by atoms with Crippen LogP contribution in [0.5, 0.6) is 0 Å². The van der Waals surface area contributed by atoms with Crippen molar-refractivity contribution < 1.29 is 38.3 Å². The standard InChI is InChI=1S/C25H37N7O8S/c1-23(2,3)38-19(35)25(7,8)40-31-16(14-12-41-20(28-14)30-22(37)39-24(4,5)6)18(34)29-15-13(27-17(15)33)11-32-10-9-26-21(32)36/h12-13,15H,9-11H2,1-8H3,(H,26,36)(H,27,33)(H,29,34)(H,28,30,37)/b31-16-/t13-,15+/m1/s1. The van der Waals surface area contributed by atoms with E-state index in [1.807, 2.05) is 0 Å². The van der Waals surface area contributed by atoms with Gasteiger partial charge in [-0.25, -0.2) is 19.4 Å². The summed E-state index contributed by atoms with van der Waals surface area (Å²) in [4.78, 5) is 73.8. The Morgan fingerprint density at radius 1 is 1.10 bits per heavy atom. The molecular formula is C25H37N7O8S. The molecule has 5 amide bonds. The summed E-state index contributed by atoms with van der Waals surface area (Å²) in [7, 11) is 0. The minimum atomic E-state index is -1.59. The van der Waals surface area contributed by atoms with Crippen molar-refractivity contribution in [1.82, 2.24) is 25.8 Å². The van der Waals surface area contributed by atoms with Crippen molar-refractivity contribution in [3.63, 3.8) is 0 Å². The minimum Gasteiger partial charge on any atom is -0.457 e. The number of β-lactam (4-membered cyclic amide) rings is 1. The predicted octanol–water partition coefficient (Wildman–Crippen LogP) is 1.34. The highest BCUT2D eigenvalue weighted by Gasteiger charge is 2.43. The van der Waals surface area contributed by atoms with Gasteiger partial charge in [-0.15, -0.1) is 11.3 Å². The van der Waals surface area contributed by atoms with Crippen molar-refractivity contribution >= 4 is 52.1 Å². The second-order valence-electron chi connectivity index (χ2n) is 12.0. The maximum atomic E-state index is 13.4. The number of nitrogens with one attached hydrogen (secondary N) is 4. The fourth-order valence-corrected chi connectivity index (χ4v) is 4.21. The first-order valence-corrected chi connectivity index (χ1v) is 13.8. The zero-order chi connectivity index (χ0) is 30.8. The molecule has 41 heavy (non-hydrogen) atoms. The molecule has 16 heteroatoms. The maximum Gasteiger partial charge on any atom is 0.413 e. The SMILES string of the molecule is CC(C)(C)OC(=O)Nc1nc(/C(=N/OC(C)(C)C(=O)OC(C)(C)C)C(=O)N[C@@H]2C(=O)N[C@@H]2CN2CCNC2=O)cs1. The molecular weight excluding hydrogens is 558 g/mol. The number of oxime groups is 1. The number of ether oxygens (including phenoxy) is 2. The quantitative estimate of drug-likeness (QED) is 0.141. The van der Waals surface area contributed by atoms with Gasteiger partial charge in [0.2, 0.25) is 11.5 Å². The largest absolute Gasteiger partial charge is 0.457 e. The van der Waals surface area contributed by atoms with Gasteiger partial charge in [0.05, 0.1) is 6.04 Å². The van der Waals surface area contributed by atoms with E-state index in [2.05, 4.69) is 31.4 Å². The summed E-state index contributed by atoms with van der Waals surface area (Å²) in [5.41, 5.74) is -3.47. The lowest BCUT2D eigenvalue weighted by atomic mass is 9.98. The Morgan fingerprint density at radius 2 is 1.76 bits per heavy atom. The lowest BCUT2D eigenvalue weighted by Crippen LogP contribution is -2.72. The van der Waals surface area contributed by atoms with Gasteiger partial charge >= 0.3 is 18.1 Å². The average Bonchev–Trinajstić information content (AvgIpc) is 3.43. The number of nitrogens with zero attached hydrogens (tertiary/aromatic N) is 3. The Bertz CT molecular complexity index is 1230. The topological polar surface area (TPSA) is 190 Å². The monoisotopic (exact) mass is 595 g/mol. The fraction of sp³-hybridized carbons (Fsp3) is 0.640. The summed E-state index contributed by atoms with van der Waals surface area (Å²) in [6.07, 6.45) is -0.747. The van der Waals surface area contributed by atoms with Gasteiger partial charge in [0.15, 0.2) is 10.8 Å². The molecule has 1 aromatic heterocycles. The predicted molar refractivity (Wildman–Crippen MR) is 148 cm³/mol. The number of hydrogen-bond acceptors (Lipinski definition) is 11. The third-order valence-electron chi connectivity index (χ3n) is 5.49. The van der Waals surface area contributed by atoms with E-state index < -0.39 is 52.8 Å². The summed E-state index contributed by atoms with van der Waals surface area (Å²) in [6.45, 7) is 14.2. The Morgan fingerprint density at radius 3 is 2.32 bits per heavy atom. The molecule has 2 saturated heterocycles. The van der Waals surface area contributed by atoms with Crippen LogP contribution in [0.25, 0.3) is 0 Å². The molecule has 0 saturated carbocycles. The van der Waals surface area contributed by atoms with Crippen LogP contribution >= 0.6 is 11.3 Å². The third kappa shape index (κ3) is 8.77.